The number of benzene rings is 2. The second kappa shape index (κ2) is 6.40. The Balaban J connectivity index is 1.76. The minimum Gasteiger partial charge on any atom is -0.459 e. The number of carbonyl (C=O) groups excluding carboxylic acids is 1. The molecule has 26 heavy (non-hydrogen) atoms. The third-order valence-corrected chi connectivity index (χ3v) is 3.85. The van der Waals surface area contributed by atoms with Gasteiger partial charge in [0.25, 0.3) is 5.91 Å². The summed E-state index contributed by atoms with van der Waals surface area (Å²) < 4.78 is 34.9. The molecule has 0 saturated carbocycles. The van der Waals surface area contributed by atoms with Gasteiger partial charge < -0.3 is 9.73 Å². The molecule has 2 heterocycles. The van der Waals surface area contributed by atoms with Gasteiger partial charge in [0, 0.05) is 6.07 Å². The molecule has 2 aromatic carbocycles. The number of furan rings is 1. The smallest absolute Gasteiger partial charge is 0.291 e. The zero-order chi connectivity index (χ0) is 18.1. The van der Waals surface area contributed by atoms with Gasteiger partial charge in [0.05, 0.1) is 12.8 Å². The van der Waals surface area contributed by atoms with Crippen LogP contribution in [-0.2, 0) is 6.54 Å². The number of hydrogen-bond acceptors (Lipinski definition) is 4. The Kier molecular flexibility index (Phi) is 3.92. The Hall–Kier alpha value is -3.55. The van der Waals surface area contributed by atoms with Gasteiger partial charge in [0.1, 0.15) is 16.7 Å². The normalized spacial score (nSPS) is 11.0. The summed E-state index contributed by atoms with van der Waals surface area (Å²) in [4.78, 5) is 12.1. The van der Waals surface area contributed by atoms with Crippen LogP contribution in [0.2, 0.25) is 0 Å². The van der Waals surface area contributed by atoms with Crippen molar-refractivity contribution in [3.63, 3.8) is 0 Å². The standard InChI is InChI=1S/C18H12F2N4O2/c19-12-9-13(20)17-16(15(12)21-18(25)14-7-4-8-26-14)22-23-24(17)10-11-5-2-1-3-6-11/h1-9H,10H2,(H,21,25). The van der Waals surface area contributed by atoms with Crippen molar-refractivity contribution >= 4 is 22.6 Å². The summed E-state index contributed by atoms with van der Waals surface area (Å²) >= 11 is 0. The molecule has 0 aliphatic heterocycles. The fourth-order valence-corrected chi connectivity index (χ4v) is 2.65. The molecule has 0 fully saturated rings. The van der Waals surface area contributed by atoms with Crippen molar-refractivity contribution in [2.75, 3.05) is 5.32 Å². The van der Waals surface area contributed by atoms with Crippen molar-refractivity contribution in [1.82, 2.24) is 15.0 Å². The van der Waals surface area contributed by atoms with E-state index in [0.29, 0.717) is 6.07 Å². The van der Waals surface area contributed by atoms with Crippen LogP contribution < -0.4 is 5.32 Å². The second-order valence-corrected chi connectivity index (χ2v) is 5.58. The summed E-state index contributed by atoms with van der Waals surface area (Å²) in [5.41, 5.74) is 0.564. The Morgan fingerprint density at radius 3 is 2.65 bits per heavy atom. The number of aromatic nitrogens is 3. The first-order valence-electron chi connectivity index (χ1n) is 7.73. The van der Waals surface area contributed by atoms with Crippen molar-refractivity contribution in [3.05, 3.63) is 77.8 Å². The van der Waals surface area contributed by atoms with Gasteiger partial charge in [-0.2, -0.15) is 0 Å². The van der Waals surface area contributed by atoms with E-state index in [4.69, 9.17) is 4.42 Å². The Bertz CT molecular complexity index is 1080. The van der Waals surface area contributed by atoms with Gasteiger partial charge in [-0.15, -0.1) is 5.10 Å². The van der Waals surface area contributed by atoms with Gasteiger partial charge in [-0.3, -0.25) is 4.79 Å². The fourth-order valence-electron chi connectivity index (χ4n) is 2.65. The van der Waals surface area contributed by atoms with Crippen molar-refractivity contribution in [1.29, 1.82) is 0 Å². The molecule has 4 rings (SSSR count). The van der Waals surface area contributed by atoms with E-state index in [1.54, 1.807) is 0 Å². The first kappa shape index (κ1) is 15.9. The SMILES string of the molecule is O=C(Nc1c(F)cc(F)c2c1nnn2Cc1ccccc1)c1ccco1. The molecule has 0 aliphatic rings. The van der Waals surface area contributed by atoms with E-state index in [-0.39, 0.29) is 29.0 Å². The number of amides is 1. The summed E-state index contributed by atoms with van der Waals surface area (Å²) in [7, 11) is 0. The molecule has 0 bridgehead atoms. The lowest BCUT2D eigenvalue weighted by Gasteiger charge is -2.08. The highest BCUT2D eigenvalue weighted by Gasteiger charge is 2.21. The van der Waals surface area contributed by atoms with E-state index in [9.17, 15) is 13.6 Å². The molecule has 130 valence electrons. The number of nitrogens with zero attached hydrogens (tertiary/aromatic N) is 3. The Labute approximate surface area is 146 Å². The summed E-state index contributed by atoms with van der Waals surface area (Å²) in [6.45, 7) is 0.255. The average Bonchev–Trinajstić information content (AvgIpc) is 3.30. The maximum Gasteiger partial charge on any atom is 0.291 e. The van der Waals surface area contributed by atoms with E-state index >= 15 is 0 Å². The van der Waals surface area contributed by atoms with Crippen molar-refractivity contribution in [2.45, 2.75) is 6.54 Å². The molecule has 0 radical (unpaired) electrons. The average molecular weight is 354 g/mol. The van der Waals surface area contributed by atoms with Crippen LogP contribution in [0.15, 0.2) is 59.2 Å². The highest BCUT2D eigenvalue weighted by Crippen LogP contribution is 2.28. The van der Waals surface area contributed by atoms with Crippen LogP contribution in [0.5, 0.6) is 0 Å². The molecule has 0 aliphatic carbocycles. The minimum atomic E-state index is -0.943. The first-order chi connectivity index (χ1) is 12.6. The van der Waals surface area contributed by atoms with Crippen molar-refractivity contribution < 1.29 is 18.0 Å². The molecule has 2 aromatic heterocycles. The molecule has 4 aromatic rings. The predicted molar refractivity (Wildman–Crippen MR) is 89.6 cm³/mol. The van der Waals surface area contributed by atoms with Crippen LogP contribution in [-0.4, -0.2) is 20.9 Å². The zero-order valence-corrected chi connectivity index (χ0v) is 13.3. The van der Waals surface area contributed by atoms with E-state index in [0.717, 1.165) is 5.56 Å². The largest absolute Gasteiger partial charge is 0.459 e. The summed E-state index contributed by atoms with van der Waals surface area (Å²) in [6, 6.07) is 12.9. The van der Waals surface area contributed by atoms with Gasteiger partial charge in [-0.1, -0.05) is 35.5 Å². The van der Waals surface area contributed by atoms with Gasteiger partial charge in [-0.25, -0.2) is 13.5 Å². The fraction of sp³-hybridized carbons (Fsp3) is 0.0556. The minimum absolute atomic E-state index is 0.00134. The van der Waals surface area contributed by atoms with Gasteiger partial charge in [-0.05, 0) is 17.7 Å². The van der Waals surface area contributed by atoms with E-state index in [1.165, 1.54) is 23.1 Å². The number of nitrogens with one attached hydrogen (secondary N) is 1. The predicted octanol–water partition coefficient (Wildman–Crippen LogP) is 3.60. The number of halogens is 2. The van der Waals surface area contributed by atoms with Crippen LogP contribution in [0.1, 0.15) is 16.1 Å². The lowest BCUT2D eigenvalue weighted by molar-refractivity contribution is 0.0996. The molecule has 1 amide bonds. The molecule has 8 heteroatoms. The topological polar surface area (TPSA) is 73.0 Å². The maximum absolute atomic E-state index is 14.4. The molecule has 1 N–H and O–H groups in total. The number of carbonyl (C=O) groups is 1. The van der Waals surface area contributed by atoms with Crippen LogP contribution in [0.25, 0.3) is 11.0 Å². The number of hydrogen-bond donors (Lipinski definition) is 1. The summed E-state index contributed by atoms with van der Waals surface area (Å²) in [6.07, 6.45) is 1.32. The lowest BCUT2D eigenvalue weighted by Crippen LogP contribution is -2.13. The molecule has 0 saturated heterocycles. The molecule has 6 nitrogen and oxygen atoms in total. The van der Waals surface area contributed by atoms with Crippen LogP contribution in [0.4, 0.5) is 14.5 Å². The zero-order valence-electron chi connectivity index (χ0n) is 13.3. The van der Waals surface area contributed by atoms with E-state index in [1.807, 2.05) is 30.3 Å². The molecular formula is C18H12F2N4O2. The van der Waals surface area contributed by atoms with Crippen molar-refractivity contribution in [2.24, 2.45) is 0 Å². The van der Waals surface area contributed by atoms with Gasteiger partial charge >= 0.3 is 0 Å². The van der Waals surface area contributed by atoms with E-state index in [2.05, 4.69) is 15.6 Å². The van der Waals surface area contributed by atoms with Crippen LogP contribution >= 0.6 is 0 Å². The monoisotopic (exact) mass is 354 g/mol. The van der Waals surface area contributed by atoms with Crippen LogP contribution in [0, 0.1) is 11.6 Å². The quantitative estimate of drug-likeness (QED) is 0.608. The Morgan fingerprint density at radius 1 is 1.12 bits per heavy atom. The molecule has 0 spiro atoms. The first-order valence-corrected chi connectivity index (χ1v) is 7.73. The van der Waals surface area contributed by atoms with Gasteiger partial charge in [0.2, 0.25) is 0 Å². The number of fused-ring (bicyclic) bond motifs is 1. The summed E-state index contributed by atoms with van der Waals surface area (Å²) in [5.74, 6) is -2.42. The van der Waals surface area contributed by atoms with Crippen molar-refractivity contribution in [3.8, 4) is 0 Å². The third-order valence-electron chi connectivity index (χ3n) is 3.85. The van der Waals surface area contributed by atoms with Crippen LogP contribution in [0.3, 0.4) is 0 Å². The maximum atomic E-state index is 14.4. The molecule has 0 atom stereocenters. The second-order valence-electron chi connectivity index (χ2n) is 5.58. The Morgan fingerprint density at radius 2 is 1.92 bits per heavy atom. The van der Waals surface area contributed by atoms with E-state index < -0.39 is 17.5 Å². The molecule has 0 unspecified atom stereocenters. The number of rotatable bonds is 4. The highest BCUT2D eigenvalue weighted by molar-refractivity contribution is 6.06. The third kappa shape index (κ3) is 2.81. The summed E-state index contributed by atoms with van der Waals surface area (Å²) in [5, 5.41) is 10.1. The lowest BCUT2D eigenvalue weighted by atomic mass is 10.2. The number of anilines is 1. The highest BCUT2D eigenvalue weighted by atomic mass is 19.1. The van der Waals surface area contributed by atoms with Gasteiger partial charge in [0.15, 0.2) is 17.4 Å². The molecular weight excluding hydrogens is 342 g/mol.